The molecule has 0 saturated carbocycles. The van der Waals surface area contributed by atoms with Gasteiger partial charge in [-0.05, 0) is 92.1 Å². The number of hydrogen-bond donors (Lipinski definition) is 1. The van der Waals surface area contributed by atoms with E-state index in [2.05, 4.69) is 70.9 Å². The number of pyridine rings is 1. The molecule has 1 N–H and O–H groups in total. The van der Waals surface area contributed by atoms with Gasteiger partial charge < -0.3 is 19.5 Å². The second-order valence-corrected chi connectivity index (χ2v) is 9.79. The molecule has 0 aliphatic carbocycles. The zero-order valence-electron chi connectivity index (χ0n) is 20.8. The van der Waals surface area contributed by atoms with E-state index in [0.717, 1.165) is 29.2 Å². The molecule has 0 bridgehead atoms. The van der Waals surface area contributed by atoms with Crippen molar-refractivity contribution in [3.05, 3.63) is 106 Å². The Kier molecular flexibility index (Phi) is 6.73. The van der Waals surface area contributed by atoms with Crippen molar-refractivity contribution in [3.8, 4) is 11.4 Å². The van der Waals surface area contributed by atoms with Crippen LogP contribution in [-0.4, -0.2) is 21.8 Å². The minimum atomic E-state index is -0.129. The summed E-state index contributed by atoms with van der Waals surface area (Å²) in [4.78, 5) is 6.82. The summed E-state index contributed by atoms with van der Waals surface area (Å²) in [6.45, 7) is 6.49. The lowest BCUT2D eigenvalue weighted by Gasteiger charge is -2.28. The highest BCUT2D eigenvalue weighted by Gasteiger charge is 2.42. The number of methoxy groups -OCH3 is 1. The average Bonchev–Trinajstić information content (AvgIpc) is 3.39. The quantitative estimate of drug-likeness (QED) is 0.283. The fraction of sp³-hybridized carbons (Fsp3) is 0.241. The number of hydrogen-bond acceptors (Lipinski definition) is 3. The first kappa shape index (κ1) is 24.3. The fourth-order valence-corrected chi connectivity index (χ4v) is 5.72. The van der Waals surface area contributed by atoms with Crippen molar-refractivity contribution < 1.29 is 4.74 Å². The molecule has 1 fully saturated rings. The van der Waals surface area contributed by atoms with Crippen molar-refractivity contribution in [2.75, 3.05) is 12.0 Å². The van der Waals surface area contributed by atoms with E-state index in [9.17, 15) is 0 Å². The van der Waals surface area contributed by atoms with Crippen molar-refractivity contribution in [1.82, 2.24) is 14.9 Å². The summed E-state index contributed by atoms with van der Waals surface area (Å²) in [6, 6.07) is 22.6. The molecule has 0 amide bonds. The predicted octanol–water partition coefficient (Wildman–Crippen LogP) is 6.89. The molecule has 5 nitrogen and oxygen atoms in total. The van der Waals surface area contributed by atoms with Gasteiger partial charge in [0.05, 0.1) is 29.9 Å². The van der Waals surface area contributed by atoms with Crippen LogP contribution in [0.2, 0.25) is 5.02 Å². The van der Waals surface area contributed by atoms with Gasteiger partial charge in [0.25, 0.3) is 0 Å². The number of aryl methyl sites for hydroxylation is 2. The van der Waals surface area contributed by atoms with Gasteiger partial charge in [0.1, 0.15) is 5.75 Å². The lowest BCUT2D eigenvalue weighted by Crippen LogP contribution is -2.29. The number of benzene rings is 2. The normalized spacial score (nSPS) is 17.4. The van der Waals surface area contributed by atoms with Crippen LogP contribution in [0, 0.1) is 13.8 Å². The Morgan fingerprint density at radius 2 is 1.78 bits per heavy atom. The Labute approximate surface area is 222 Å². The molecule has 1 saturated heterocycles. The zero-order valence-corrected chi connectivity index (χ0v) is 22.4. The number of nitrogens with zero attached hydrogens (tertiary/aromatic N) is 3. The molecular weight excluding hydrogens is 488 g/mol. The fourth-order valence-electron chi connectivity index (χ4n) is 5.12. The van der Waals surface area contributed by atoms with Crippen LogP contribution in [0.3, 0.4) is 0 Å². The number of aromatic nitrogens is 2. The SMILES string of the molecule is CCc1ccc(-n2c(C)cc([C@@H]3[C@H](c4ccccn4)NC(=S)N3c3ccc(OC)c(Cl)c3)c2C)cc1. The number of nitrogens with one attached hydrogen (secondary N) is 1. The molecule has 0 radical (unpaired) electrons. The number of rotatable bonds is 6. The molecule has 0 spiro atoms. The molecule has 0 unspecified atom stereocenters. The lowest BCUT2D eigenvalue weighted by molar-refractivity contribution is 0.415. The first-order chi connectivity index (χ1) is 17.4. The Hall–Kier alpha value is -3.35. The molecule has 2 atom stereocenters. The third kappa shape index (κ3) is 4.25. The molecule has 7 heteroatoms. The molecule has 5 rings (SSSR count). The van der Waals surface area contributed by atoms with E-state index in [-0.39, 0.29) is 12.1 Å². The first-order valence-corrected chi connectivity index (χ1v) is 12.8. The molecule has 3 heterocycles. The highest BCUT2D eigenvalue weighted by molar-refractivity contribution is 7.80. The van der Waals surface area contributed by atoms with Crippen LogP contribution in [0.5, 0.6) is 5.75 Å². The van der Waals surface area contributed by atoms with Gasteiger partial charge in [0.15, 0.2) is 5.11 Å². The van der Waals surface area contributed by atoms with Crippen molar-refractivity contribution in [2.45, 2.75) is 39.3 Å². The number of ether oxygens (including phenoxy) is 1. The van der Waals surface area contributed by atoms with Crippen molar-refractivity contribution in [1.29, 1.82) is 0 Å². The van der Waals surface area contributed by atoms with Gasteiger partial charge in [-0.3, -0.25) is 4.98 Å². The molecule has 1 aliphatic heterocycles. The van der Waals surface area contributed by atoms with Crippen molar-refractivity contribution in [2.24, 2.45) is 0 Å². The minimum absolute atomic E-state index is 0.119. The largest absolute Gasteiger partial charge is 0.495 e. The third-order valence-corrected chi connectivity index (χ3v) is 7.51. The average molecular weight is 517 g/mol. The second kappa shape index (κ2) is 9.96. The summed E-state index contributed by atoms with van der Waals surface area (Å²) < 4.78 is 7.69. The summed E-state index contributed by atoms with van der Waals surface area (Å²) in [6.07, 6.45) is 2.84. The van der Waals surface area contributed by atoms with Crippen LogP contribution in [-0.2, 0) is 6.42 Å². The number of halogens is 1. The van der Waals surface area contributed by atoms with Crippen LogP contribution in [0.1, 0.15) is 47.2 Å². The Bertz CT molecular complexity index is 1400. The van der Waals surface area contributed by atoms with Gasteiger partial charge in [-0.15, -0.1) is 0 Å². The summed E-state index contributed by atoms with van der Waals surface area (Å²) in [7, 11) is 1.62. The zero-order chi connectivity index (χ0) is 25.4. The minimum Gasteiger partial charge on any atom is -0.495 e. The van der Waals surface area contributed by atoms with Crippen LogP contribution < -0.4 is 15.0 Å². The smallest absolute Gasteiger partial charge is 0.174 e. The molecule has 2 aromatic carbocycles. The maximum atomic E-state index is 6.54. The van der Waals surface area contributed by atoms with E-state index < -0.39 is 0 Å². The van der Waals surface area contributed by atoms with Gasteiger partial charge >= 0.3 is 0 Å². The van der Waals surface area contributed by atoms with Crippen molar-refractivity contribution in [3.63, 3.8) is 0 Å². The second-order valence-electron chi connectivity index (χ2n) is 9.00. The van der Waals surface area contributed by atoms with Crippen LogP contribution in [0.25, 0.3) is 5.69 Å². The third-order valence-electron chi connectivity index (χ3n) is 6.90. The maximum absolute atomic E-state index is 6.54. The van der Waals surface area contributed by atoms with E-state index in [1.54, 1.807) is 7.11 Å². The van der Waals surface area contributed by atoms with Gasteiger partial charge in [-0.25, -0.2) is 0 Å². The Morgan fingerprint density at radius 1 is 1.03 bits per heavy atom. The van der Waals surface area contributed by atoms with E-state index in [1.165, 1.54) is 16.8 Å². The summed E-state index contributed by atoms with van der Waals surface area (Å²) in [5, 5.41) is 4.71. The van der Waals surface area contributed by atoms with E-state index in [0.29, 0.717) is 15.9 Å². The first-order valence-electron chi connectivity index (χ1n) is 12.0. The van der Waals surface area contributed by atoms with E-state index in [4.69, 9.17) is 28.6 Å². The highest BCUT2D eigenvalue weighted by Crippen LogP contribution is 2.44. The molecule has 4 aromatic rings. The van der Waals surface area contributed by atoms with Crippen LogP contribution in [0.15, 0.2) is 72.9 Å². The molecule has 184 valence electrons. The summed E-state index contributed by atoms with van der Waals surface area (Å²) in [5.41, 5.74) is 7.82. The lowest BCUT2D eigenvalue weighted by atomic mass is 9.96. The summed E-state index contributed by atoms with van der Waals surface area (Å²) in [5.74, 6) is 0.630. The standard InChI is InChI=1S/C29H29ClN4OS/c1-5-20-9-11-21(12-10-20)33-18(2)16-23(19(33)3)28-27(25-8-6-7-15-31-25)32-29(36)34(28)22-13-14-26(35-4)24(30)17-22/h6-17,27-28H,5H2,1-4H3,(H,32,36)/t27-,28+/m0/s1. The maximum Gasteiger partial charge on any atom is 0.174 e. The predicted molar refractivity (Wildman–Crippen MR) is 151 cm³/mol. The highest BCUT2D eigenvalue weighted by atomic mass is 35.5. The molecule has 36 heavy (non-hydrogen) atoms. The van der Waals surface area contributed by atoms with Gasteiger partial charge in [0.2, 0.25) is 0 Å². The number of thiocarbonyl (C=S) groups is 1. The van der Waals surface area contributed by atoms with E-state index in [1.807, 2.05) is 42.6 Å². The summed E-state index contributed by atoms with van der Waals surface area (Å²) >= 11 is 12.4. The molecule has 1 aliphatic rings. The Morgan fingerprint density at radius 3 is 2.42 bits per heavy atom. The van der Waals surface area contributed by atoms with E-state index >= 15 is 0 Å². The van der Waals surface area contributed by atoms with Gasteiger partial charge in [0, 0.05) is 29.0 Å². The molecular formula is C29H29ClN4OS. The monoisotopic (exact) mass is 516 g/mol. The number of anilines is 1. The van der Waals surface area contributed by atoms with Crippen molar-refractivity contribution >= 4 is 34.6 Å². The van der Waals surface area contributed by atoms with Crippen LogP contribution >= 0.6 is 23.8 Å². The van der Waals surface area contributed by atoms with Gasteiger partial charge in [-0.1, -0.05) is 36.7 Å². The van der Waals surface area contributed by atoms with Crippen LogP contribution in [0.4, 0.5) is 5.69 Å². The topological polar surface area (TPSA) is 42.3 Å². The van der Waals surface area contributed by atoms with Gasteiger partial charge in [-0.2, -0.15) is 0 Å². The Balaban J connectivity index is 1.66. The molecule has 2 aromatic heterocycles.